The van der Waals surface area contributed by atoms with Gasteiger partial charge in [-0.3, -0.25) is 4.90 Å². The summed E-state index contributed by atoms with van der Waals surface area (Å²) in [6.07, 6.45) is 5.41. The van der Waals surface area contributed by atoms with Gasteiger partial charge in [-0.1, -0.05) is 86.6 Å². The highest BCUT2D eigenvalue weighted by atomic mass is 35.5. The van der Waals surface area contributed by atoms with Gasteiger partial charge in [0.25, 0.3) is 0 Å². The molecule has 0 radical (unpaired) electrons. The van der Waals surface area contributed by atoms with Gasteiger partial charge in [-0.25, -0.2) is 0 Å². The lowest BCUT2D eigenvalue weighted by Gasteiger charge is -2.44. The van der Waals surface area contributed by atoms with Crippen LogP contribution in [0.25, 0.3) is 0 Å². The molecule has 0 bridgehead atoms. The van der Waals surface area contributed by atoms with E-state index in [1.54, 1.807) is 0 Å². The van der Waals surface area contributed by atoms with Crippen LogP contribution in [0.2, 0.25) is 0 Å². The summed E-state index contributed by atoms with van der Waals surface area (Å²) in [7, 11) is 0. The SMILES string of the molecule is CC.Cl.c1ccc(C(c2ccccc2)N2CC(OCCCc3cccs3)C2)cc1.c1csc(CCCOC2CNC2)c1. The molecule has 2 aromatic heterocycles. The summed E-state index contributed by atoms with van der Waals surface area (Å²) in [6.45, 7) is 9.86. The van der Waals surface area contributed by atoms with Gasteiger partial charge >= 0.3 is 0 Å². The molecule has 0 spiro atoms. The van der Waals surface area contributed by atoms with Crippen molar-refractivity contribution < 1.29 is 9.47 Å². The summed E-state index contributed by atoms with van der Waals surface area (Å²) in [4.78, 5) is 5.45. The van der Waals surface area contributed by atoms with Crippen molar-refractivity contribution in [3.63, 3.8) is 0 Å². The van der Waals surface area contributed by atoms with Crippen molar-refractivity contribution in [1.29, 1.82) is 0 Å². The Labute approximate surface area is 267 Å². The van der Waals surface area contributed by atoms with Crippen LogP contribution >= 0.6 is 35.1 Å². The maximum absolute atomic E-state index is 6.09. The zero-order chi connectivity index (χ0) is 28.5. The van der Waals surface area contributed by atoms with Crippen LogP contribution in [-0.2, 0) is 22.3 Å². The van der Waals surface area contributed by atoms with Gasteiger partial charge in [0.05, 0.1) is 18.2 Å². The van der Waals surface area contributed by atoms with E-state index < -0.39 is 0 Å². The fourth-order valence-electron chi connectivity index (χ4n) is 4.95. The predicted octanol–water partition coefficient (Wildman–Crippen LogP) is 8.29. The highest BCUT2D eigenvalue weighted by Gasteiger charge is 2.34. The summed E-state index contributed by atoms with van der Waals surface area (Å²) < 4.78 is 11.7. The van der Waals surface area contributed by atoms with Crippen LogP contribution in [0.3, 0.4) is 0 Å². The molecule has 42 heavy (non-hydrogen) atoms. The van der Waals surface area contributed by atoms with Crippen molar-refractivity contribution in [3.05, 3.63) is 117 Å². The molecule has 6 rings (SSSR count). The van der Waals surface area contributed by atoms with Crippen LogP contribution in [0.15, 0.2) is 95.7 Å². The van der Waals surface area contributed by atoms with Gasteiger partial charge in [-0.2, -0.15) is 0 Å². The maximum atomic E-state index is 6.09. The molecular formula is C35H47ClN2O2S2. The number of rotatable bonds is 13. The number of aryl methyl sites for hydroxylation is 2. The molecule has 4 nitrogen and oxygen atoms in total. The molecule has 0 atom stereocenters. The van der Waals surface area contributed by atoms with E-state index in [2.05, 4.69) is 106 Å². The Hall–Kier alpha value is -2.03. The zero-order valence-electron chi connectivity index (χ0n) is 25.0. The Bertz CT molecular complexity index is 1130. The lowest BCUT2D eigenvalue weighted by molar-refractivity contribution is -0.0668. The first kappa shape index (κ1) is 34.5. The average molecular weight is 627 g/mol. The van der Waals surface area contributed by atoms with Crippen molar-refractivity contribution >= 4 is 35.1 Å². The molecule has 228 valence electrons. The van der Waals surface area contributed by atoms with Crippen LogP contribution in [0, 0.1) is 0 Å². The molecular weight excluding hydrogens is 580 g/mol. The fraction of sp³-hybridized carbons (Fsp3) is 0.429. The predicted molar refractivity (Wildman–Crippen MR) is 183 cm³/mol. The Balaban J connectivity index is 0.000000255. The molecule has 4 aromatic rings. The summed E-state index contributed by atoms with van der Waals surface area (Å²) in [6, 6.07) is 30.6. The second-order valence-corrected chi connectivity index (χ2v) is 12.3. The highest BCUT2D eigenvalue weighted by molar-refractivity contribution is 7.10. The number of halogens is 1. The van der Waals surface area contributed by atoms with Gasteiger partial charge in [-0.15, -0.1) is 35.1 Å². The minimum atomic E-state index is 0. The van der Waals surface area contributed by atoms with E-state index in [1.165, 1.54) is 20.9 Å². The van der Waals surface area contributed by atoms with Gasteiger partial charge < -0.3 is 14.8 Å². The Morgan fingerprint density at radius 3 is 1.57 bits per heavy atom. The second-order valence-electron chi connectivity index (χ2n) is 10.2. The van der Waals surface area contributed by atoms with E-state index >= 15 is 0 Å². The quantitative estimate of drug-likeness (QED) is 0.151. The molecule has 2 aliphatic rings. The standard InChI is InChI=1S/C23H25NOS.C10H15NOS.C2H6.ClH/c1-3-9-19(10-4-1)23(20-11-5-2-6-12-20)24-17-21(18-24)25-15-7-13-22-14-8-16-26-22;1(3-10-4-2-6-13-10)5-12-9-7-11-8-9;1-2;/h1-6,8-12,14,16,21,23H,7,13,15,17-18H2;2,4,6,9,11H,1,3,5,7-8H2;1-2H3;1H. The largest absolute Gasteiger partial charge is 0.376 e. The first-order valence-corrected chi connectivity index (χ1v) is 16.9. The number of likely N-dealkylation sites (tertiary alicyclic amines) is 1. The molecule has 4 heterocycles. The third-order valence-electron chi connectivity index (χ3n) is 7.22. The number of hydrogen-bond donors (Lipinski definition) is 1. The average Bonchev–Trinajstić information content (AvgIpc) is 3.70. The lowest BCUT2D eigenvalue weighted by atomic mass is 9.94. The summed E-state index contributed by atoms with van der Waals surface area (Å²) >= 11 is 3.67. The van der Waals surface area contributed by atoms with Crippen LogP contribution < -0.4 is 5.32 Å². The highest BCUT2D eigenvalue weighted by Crippen LogP contribution is 2.33. The monoisotopic (exact) mass is 626 g/mol. The van der Waals surface area contributed by atoms with Crippen LogP contribution in [0.4, 0.5) is 0 Å². The summed E-state index contributed by atoms with van der Waals surface area (Å²) in [5, 5.41) is 7.47. The first-order chi connectivity index (χ1) is 20.3. The molecule has 0 unspecified atom stereocenters. The summed E-state index contributed by atoms with van der Waals surface area (Å²) in [5.41, 5.74) is 2.71. The maximum Gasteiger partial charge on any atom is 0.0829 e. The number of thiophene rings is 2. The van der Waals surface area contributed by atoms with E-state index in [0.717, 1.165) is 65.1 Å². The molecule has 7 heteroatoms. The number of nitrogens with zero attached hydrogens (tertiary/aromatic N) is 1. The third-order valence-corrected chi connectivity index (χ3v) is 9.09. The molecule has 0 amide bonds. The molecule has 2 fully saturated rings. The minimum absolute atomic E-state index is 0. The van der Waals surface area contributed by atoms with E-state index in [4.69, 9.17) is 9.47 Å². The third kappa shape index (κ3) is 11.2. The second kappa shape index (κ2) is 20.0. The lowest BCUT2D eigenvalue weighted by Crippen LogP contribution is -2.53. The van der Waals surface area contributed by atoms with E-state index in [-0.39, 0.29) is 12.4 Å². The van der Waals surface area contributed by atoms with Gasteiger partial charge in [0.15, 0.2) is 0 Å². The van der Waals surface area contributed by atoms with Crippen LogP contribution in [0.1, 0.15) is 53.6 Å². The minimum Gasteiger partial charge on any atom is -0.376 e. The zero-order valence-corrected chi connectivity index (χ0v) is 27.5. The van der Waals surface area contributed by atoms with Crippen molar-refractivity contribution in [2.24, 2.45) is 0 Å². The number of benzene rings is 2. The van der Waals surface area contributed by atoms with E-state index in [1.807, 2.05) is 36.5 Å². The topological polar surface area (TPSA) is 33.7 Å². The normalized spacial score (nSPS) is 14.9. The van der Waals surface area contributed by atoms with Crippen molar-refractivity contribution in [2.45, 2.75) is 57.8 Å². The van der Waals surface area contributed by atoms with Crippen molar-refractivity contribution in [2.75, 3.05) is 39.4 Å². The molecule has 1 N–H and O–H groups in total. The van der Waals surface area contributed by atoms with Crippen molar-refractivity contribution in [1.82, 2.24) is 10.2 Å². The Morgan fingerprint density at radius 2 is 1.17 bits per heavy atom. The number of ether oxygens (including phenoxy) is 2. The molecule has 2 aliphatic heterocycles. The molecule has 0 aliphatic carbocycles. The Kier molecular flexibility index (Phi) is 16.4. The van der Waals surface area contributed by atoms with Crippen LogP contribution in [0.5, 0.6) is 0 Å². The molecule has 0 saturated carbocycles. The summed E-state index contributed by atoms with van der Waals surface area (Å²) in [5.74, 6) is 0. The van der Waals surface area contributed by atoms with E-state index in [0.29, 0.717) is 18.2 Å². The van der Waals surface area contributed by atoms with Crippen molar-refractivity contribution in [3.8, 4) is 0 Å². The Morgan fingerprint density at radius 1 is 0.690 bits per heavy atom. The van der Waals surface area contributed by atoms with Gasteiger partial charge in [0, 0.05) is 49.1 Å². The first-order valence-electron chi connectivity index (χ1n) is 15.2. The molecule has 2 aromatic carbocycles. The molecule has 2 saturated heterocycles. The van der Waals surface area contributed by atoms with E-state index in [9.17, 15) is 0 Å². The van der Waals surface area contributed by atoms with Gasteiger partial charge in [0.2, 0.25) is 0 Å². The fourth-order valence-corrected chi connectivity index (χ4v) is 6.46. The van der Waals surface area contributed by atoms with Gasteiger partial charge in [-0.05, 0) is 59.7 Å². The number of nitrogens with one attached hydrogen (secondary N) is 1. The number of hydrogen-bond acceptors (Lipinski definition) is 6. The smallest absolute Gasteiger partial charge is 0.0829 e. The van der Waals surface area contributed by atoms with Crippen LogP contribution in [-0.4, -0.2) is 56.5 Å². The van der Waals surface area contributed by atoms with Gasteiger partial charge in [0.1, 0.15) is 0 Å².